The molecular formula is C24H27N3O4S. The van der Waals surface area contributed by atoms with Crippen molar-refractivity contribution in [2.24, 2.45) is 0 Å². The maximum atomic E-state index is 12.7. The van der Waals surface area contributed by atoms with Crippen molar-refractivity contribution < 1.29 is 18.0 Å². The Labute approximate surface area is 188 Å². The molecule has 0 radical (unpaired) electrons. The summed E-state index contributed by atoms with van der Waals surface area (Å²) in [4.78, 5) is 24.2. The number of hydrogen-bond acceptors (Lipinski definition) is 4. The van der Waals surface area contributed by atoms with Crippen LogP contribution in [0.2, 0.25) is 0 Å². The molecule has 0 unspecified atom stereocenters. The molecule has 0 bridgehead atoms. The van der Waals surface area contributed by atoms with Crippen molar-refractivity contribution in [1.82, 2.24) is 10.6 Å². The van der Waals surface area contributed by atoms with Crippen molar-refractivity contribution in [1.29, 1.82) is 0 Å². The average molecular weight is 454 g/mol. The van der Waals surface area contributed by atoms with Crippen molar-refractivity contribution in [2.45, 2.75) is 31.1 Å². The van der Waals surface area contributed by atoms with E-state index in [1.54, 1.807) is 18.2 Å². The predicted molar refractivity (Wildman–Crippen MR) is 126 cm³/mol. The highest BCUT2D eigenvalue weighted by molar-refractivity contribution is 7.92. The minimum atomic E-state index is -3.78. The average Bonchev–Trinajstić information content (AvgIpc) is 2.80. The minimum Gasteiger partial charge on any atom is -0.355 e. The van der Waals surface area contributed by atoms with Gasteiger partial charge in [-0.1, -0.05) is 50.1 Å². The van der Waals surface area contributed by atoms with Crippen molar-refractivity contribution in [3.8, 4) is 0 Å². The SMILES string of the molecule is CCCCCNC(=O)CNC(=O)c1ccc(NS(=O)(=O)c2ccc3ccccc3c2)cc1. The molecule has 0 aliphatic heterocycles. The standard InChI is InChI=1S/C24H27N3O4S/c1-2-3-6-15-25-23(28)17-26-24(29)19-9-12-21(13-10-19)27-32(30,31)22-14-11-18-7-4-5-8-20(18)16-22/h4-5,7-14,16,27H,2-3,6,15,17H2,1H3,(H,25,28)(H,26,29). The third-order valence-corrected chi connectivity index (χ3v) is 6.32. The summed E-state index contributed by atoms with van der Waals surface area (Å²) in [6.45, 7) is 2.57. The van der Waals surface area contributed by atoms with Gasteiger partial charge in [0, 0.05) is 17.8 Å². The van der Waals surface area contributed by atoms with Crippen LogP contribution in [0.25, 0.3) is 10.8 Å². The summed E-state index contributed by atoms with van der Waals surface area (Å²) in [5, 5.41) is 7.10. The summed E-state index contributed by atoms with van der Waals surface area (Å²) < 4.78 is 28.0. The number of fused-ring (bicyclic) bond motifs is 1. The summed E-state index contributed by atoms with van der Waals surface area (Å²) in [5.41, 5.74) is 0.667. The van der Waals surface area contributed by atoms with Crippen LogP contribution >= 0.6 is 0 Å². The van der Waals surface area contributed by atoms with Crippen LogP contribution < -0.4 is 15.4 Å². The highest BCUT2D eigenvalue weighted by Gasteiger charge is 2.15. The Bertz CT molecular complexity index is 1190. The van der Waals surface area contributed by atoms with E-state index in [9.17, 15) is 18.0 Å². The minimum absolute atomic E-state index is 0.110. The van der Waals surface area contributed by atoms with E-state index in [0.717, 1.165) is 30.0 Å². The normalized spacial score (nSPS) is 11.2. The van der Waals surface area contributed by atoms with Crippen LogP contribution in [0.1, 0.15) is 36.5 Å². The molecule has 0 aliphatic rings. The number of rotatable bonds is 10. The molecule has 3 rings (SSSR count). The number of sulfonamides is 1. The second kappa shape index (κ2) is 10.8. The first kappa shape index (κ1) is 23.3. The first-order valence-electron chi connectivity index (χ1n) is 10.6. The summed E-state index contributed by atoms with van der Waals surface area (Å²) >= 11 is 0. The maximum Gasteiger partial charge on any atom is 0.261 e. The van der Waals surface area contributed by atoms with Gasteiger partial charge in [-0.25, -0.2) is 8.42 Å². The lowest BCUT2D eigenvalue weighted by Crippen LogP contribution is -2.37. The molecule has 3 N–H and O–H groups in total. The van der Waals surface area contributed by atoms with Crippen LogP contribution in [-0.2, 0) is 14.8 Å². The third kappa shape index (κ3) is 6.31. The summed E-state index contributed by atoms with van der Waals surface area (Å²) in [5.74, 6) is -0.646. The fourth-order valence-electron chi connectivity index (χ4n) is 3.17. The molecule has 168 valence electrons. The van der Waals surface area contributed by atoms with Crippen molar-refractivity contribution in [2.75, 3.05) is 17.8 Å². The van der Waals surface area contributed by atoms with Crippen LogP contribution in [0.15, 0.2) is 71.6 Å². The third-order valence-electron chi connectivity index (χ3n) is 4.94. The van der Waals surface area contributed by atoms with Crippen LogP contribution in [0.4, 0.5) is 5.69 Å². The van der Waals surface area contributed by atoms with E-state index < -0.39 is 15.9 Å². The van der Waals surface area contributed by atoms with E-state index >= 15 is 0 Å². The number of amides is 2. The lowest BCUT2D eigenvalue weighted by atomic mass is 10.1. The monoisotopic (exact) mass is 453 g/mol. The Balaban J connectivity index is 1.57. The molecule has 0 spiro atoms. The molecular weight excluding hydrogens is 426 g/mol. The molecule has 3 aromatic carbocycles. The van der Waals surface area contributed by atoms with Crippen LogP contribution in [-0.4, -0.2) is 33.3 Å². The highest BCUT2D eigenvalue weighted by Crippen LogP contribution is 2.21. The van der Waals surface area contributed by atoms with E-state index in [1.165, 1.54) is 24.3 Å². The van der Waals surface area contributed by atoms with Gasteiger partial charge in [0.15, 0.2) is 0 Å². The van der Waals surface area contributed by atoms with Gasteiger partial charge in [0.05, 0.1) is 11.4 Å². The maximum absolute atomic E-state index is 12.7. The predicted octanol–water partition coefficient (Wildman–Crippen LogP) is 3.68. The van der Waals surface area contributed by atoms with Gasteiger partial charge in [0.25, 0.3) is 15.9 Å². The molecule has 8 heteroatoms. The lowest BCUT2D eigenvalue weighted by Gasteiger charge is -2.10. The topological polar surface area (TPSA) is 104 Å². The molecule has 0 atom stereocenters. The van der Waals surface area contributed by atoms with Crippen LogP contribution in [0.3, 0.4) is 0 Å². The van der Waals surface area contributed by atoms with E-state index in [1.807, 2.05) is 24.3 Å². The van der Waals surface area contributed by atoms with Crippen LogP contribution in [0.5, 0.6) is 0 Å². The molecule has 0 aromatic heterocycles. The molecule has 2 amide bonds. The van der Waals surface area contributed by atoms with Gasteiger partial charge < -0.3 is 10.6 Å². The molecule has 0 saturated carbocycles. The quantitative estimate of drug-likeness (QED) is 0.407. The van der Waals surface area contributed by atoms with Crippen molar-refractivity contribution in [3.63, 3.8) is 0 Å². The zero-order valence-corrected chi connectivity index (χ0v) is 18.7. The number of unbranched alkanes of at least 4 members (excludes halogenated alkanes) is 2. The first-order chi connectivity index (χ1) is 15.4. The first-order valence-corrected chi connectivity index (χ1v) is 12.0. The number of carbonyl (C=O) groups is 2. The second-order valence-corrected chi connectivity index (χ2v) is 9.11. The fourth-order valence-corrected chi connectivity index (χ4v) is 4.26. The number of carbonyl (C=O) groups excluding carboxylic acids is 2. The largest absolute Gasteiger partial charge is 0.355 e. The summed E-state index contributed by atoms with van der Waals surface area (Å²) in [6.07, 6.45) is 3.03. The number of benzene rings is 3. The highest BCUT2D eigenvalue weighted by atomic mass is 32.2. The Morgan fingerprint density at radius 3 is 2.28 bits per heavy atom. The zero-order chi connectivity index (χ0) is 23.0. The van der Waals surface area contributed by atoms with Crippen LogP contribution in [0, 0.1) is 0 Å². The van der Waals surface area contributed by atoms with Gasteiger partial charge in [-0.05, 0) is 53.6 Å². The molecule has 32 heavy (non-hydrogen) atoms. The number of nitrogens with one attached hydrogen (secondary N) is 3. The molecule has 0 aliphatic carbocycles. The Kier molecular flexibility index (Phi) is 7.83. The molecule has 0 saturated heterocycles. The Hall–Kier alpha value is -3.39. The smallest absolute Gasteiger partial charge is 0.261 e. The van der Waals surface area contributed by atoms with Gasteiger partial charge in [-0.15, -0.1) is 0 Å². The van der Waals surface area contributed by atoms with Crippen molar-refractivity contribution in [3.05, 3.63) is 72.3 Å². The van der Waals surface area contributed by atoms with Crippen molar-refractivity contribution >= 4 is 38.3 Å². The number of hydrogen-bond donors (Lipinski definition) is 3. The van der Waals surface area contributed by atoms with Gasteiger partial charge in [-0.3, -0.25) is 14.3 Å². The Morgan fingerprint density at radius 2 is 1.56 bits per heavy atom. The van der Waals surface area contributed by atoms with E-state index in [-0.39, 0.29) is 17.3 Å². The summed E-state index contributed by atoms with van der Waals surface area (Å²) in [7, 11) is -3.78. The van der Waals surface area contributed by atoms with Gasteiger partial charge >= 0.3 is 0 Å². The fraction of sp³-hybridized carbons (Fsp3) is 0.250. The molecule has 7 nitrogen and oxygen atoms in total. The van der Waals surface area contributed by atoms with E-state index in [2.05, 4.69) is 22.3 Å². The number of anilines is 1. The summed E-state index contributed by atoms with van der Waals surface area (Å²) in [6, 6.07) is 18.5. The molecule has 0 fully saturated rings. The van der Waals surface area contributed by atoms with Gasteiger partial charge in [-0.2, -0.15) is 0 Å². The van der Waals surface area contributed by atoms with Gasteiger partial charge in [0.2, 0.25) is 5.91 Å². The molecule has 0 heterocycles. The Morgan fingerprint density at radius 1 is 0.844 bits per heavy atom. The van der Waals surface area contributed by atoms with Gasteiger partial charge in [0.1, 0.15) is 0 Å². The lowest BCUT2D eigenvalue weighted by molar-refractivity contribution is -0.120. The molecule has 3 aromatic rings. The van der Waals surface area contributed by atoms with E-state index in [4.69, 9.17) is 0 Å². The van der Waals surface area contributed by atoms with E-state index in [0.29, 0.717) is 17.8 Å². The second-order valence-electron chi connectivity index (χ2n) is 7.43. The zero-order valence-electron chi connectivity index (χ0n) is 17.9.